The molecule has 9 nitrogen and oxygen atoms in total. The second-order valence-corrected chi connectivity index (χ2v) is 8.86. The summed E-state index contributed by atoms with van der Waals surface area (Å²) in [5.41, 5.74) is 4.37. The Kier molecular flexibility index (Phi) is 8.20. The number of ether oxygens (including phenoxy) is 1. The largest absolute Gasteiger partial charge is 0.477 e. The topological polar surface area (TPSA) is 114 Å². The fraction of sp³-hybridized carbons (Fsp3) is 0.308. The molecule has 1 aromatic carbocycles. The molecule has 1 atom stereocenters. The van der Waals surface area contributed by atoms with Crippen molar-refractivity contribution in [1.29, 1.82) is 0 Å². The van der Waals surface area contributed by atoms with E-state index in [9.17, 15) is 14.0 Å². The molecular formula is C26H28ClFN6O3. The average Bonchev–Trinajstić information content (AvgIpc) is 2.92. The number of rotatable bonds is 7. The molecule has 0 unspecified atom stereocenters. The summed E-state index contributed by atoms with van der Waals surface area (Å²) in [7, 11) is 0. The van der Waals surface area contributed by atoms with Crippen LogP contribution >= 0.6 is 11.6 Å². The zero-order valence-electron chi connectivity index (χ0n) is 20.6. The monoisotopic (exact) mass is 526 g/mol. The Morgan fingerprint density at radius 3 is 2.73 bits per heavy atom. The number of carbonyl (C=O) groups excluding carboxylic acids is 2. The molecular weight excluding hydrogens is 499 g/mol. The lowest BCUT2D eigenvalue weighted by Crippen LogP contribution is -2.55. The quantitative estimate of drug-likeness (QED) is 0.274. The highest BCUT2D eigenvalue weighted by molar-refractivity contribution is 6.33. The van der Waals surface area contributed by atoms with Gasteiger partial charge in [-0.25, -0.2) is 20.2 Å². The Morgan fingerprint density at radius 2 is 2.03 bits per heavy atom. The van der Waals surface area contributed by atoms with Crippen molar-refractivity contribution in [2.24, 2.45) is 5.84 Å². The molecule has 3 N–H and O–H groups in total. The van der Waals surface area contributed by atoms with Crippen molar-refractivity contribution in [3.05, 3.63) is 70.8 Å². The molecule has 37 heavy (non-hydrogen) atoms. The average molecular weight is 527 g/mol. The maximum atomic E-state index is 13.5. The van der Waals surface area contributed by atoms with Gasteiger partial charge in [0.1, 0.15) is 5.82 Å². The fourth-order valence-electron chi connectivity index (χ4n) is 4.45. The number of benzene rings is 1. The van der Waals surface area contributed by atoms with E-state index in [2.05, 4.69) is 20.3 Å². The Balaban J connectivity index is 1.64. The highest BCUT2D eigenvalue weighted by Gasteiger charge is 2.32. The van der Waals surface area contributed by atoms with E-state index in [0.717, 1.165) is 6.07 Å². The molecule has 0 saturated carbocycles. The van der Waals surface area contributed by atoms with Crippen LogP contribution in [0.2, 0.25) is 5.02 Å². The molecule has 1 fully saturated rings. The van der Waals surface area contributed by atoms with Crippen LogP contribution in [-0.4, -0.2) is 59.0 Å². The molecule has 1 aliphatic heterocycles. The summed E-state index contributed by atoms with van der Waals surface area (Å²) in [5, 5.41) is 0.0731. The third kappa shape index (κ3) is 5.50. The summed E-state index contributed by atoms with van der Waals surface area (Å²) in [6.45, 7) is 5.53. The number of nitrogens with two attached hydrogens (primary N) is 1. The number of aromatic nitrogens is 2. The Morgan fingerprint density at radius 1 is 1.22 bits per heavy atom. The number of halogens is 2. The van der Waals surface area contributed by atoms with Gasteiger partial charge in [0.15, 0.2) is 5.69 Å². The molecule has 1 saturated heterocycles. The van der Waals surface area contributed by atoms with Gasteiger partial charge >= 0.3 is 0 Å². The second-order valence-electron chi connectivity index (χ2n) is 8.46. The number of piperazine rings is 1. The van der Waals surface area contributed by atoms with E-state index in [0.29, 0.717) is 55.5 Å². The molecule has 0 radical (unpaired) electrons. The summed E-state index contributed by atoms with van der Waals surface area (Å²) in [4.78, 5) is 38.6. The van der Waals surface area contributed by atoms with Crippen molar-refractivity contribution in [2.75, 3.05) is 31.1 Å². The molecule has 3 aromatic rings. The molecule has 4 rings (SSSR count). The van der Waals surface area contributed by atoms with Gasteiger partial charge in [0.25, 0.3) is 11.8 Å². The van der Waals surface area contributed by atoms with Crippen molar-refractivity contribution in [1.82, 2.24) is 20.3 Å². The fourth-order valence-corrected chi connectivity index (χ4v) is 4.69. The van der Waals surface area contributed by atoms with Gasteiger partial charge < -0.3 is 14.5 Å². The number of hydrogen-bond donors (Lipinski definition) is 2. The maximum absolute atomic E-state index is 13.5. The first-order valence-corrected chi connectivity index (χ1v) is 12.4. The van der Waals surface area contributed by atoms with Crippen molar-refractivity contribution < 1.29 is 18.7 Å². The number of carbonyl (C=O) groups is 2. The minimum atomic E-state index is -0.537. The molecule has 3 heterocycles. The van der Waals surface area contributed by atoms with Crippen molar-refractivity contribution in [3.63, 3.8) is 0 Å². The van der Waals surface area contributed by atoms with Gasteiger partial charge in [-0.2, -0.15) is 0 Å². The highest BCUT2D eigenvalue weighted by atomic mass is 35.5. The van der Waals surface area contributed by atoms with Crippen molar-refractivity contribution >= 4 is 29.1 Å². The minimum Gasteiger partial charge on any atom is -0.477 e. The molecule has 194 valence electrons. The van der Waals surface area contributed by atoms with E-state index in [1.807, 2.05) is 32.0 Å². The van der Waals surface area contributed by atoms with Crippen LogP contribution in [0.3, 0.4) is 0 Å². The van der Waals surface area contributed by atoms with Gasteiger partial charge in [-0.15, -0.1) is 0 Å². The number of hydrazine groups is 1. The van der Waals surface area contributed by atoms with Crippen molar-refractivity contribution in [2.45, 2.75) is 26.3 Å². The summed E-state index contributed by atoms with van der Waals surface area (Å²) >= 11 is 6.13. The number of nitrogens with one attached hydrogen (secondary N) is 1. The second kappa shape index (κ2) is 11.5. The van der Waals surface area contributed by atoms with Gasteiger partial charge in [-0.3, -0.25) is 15.0 Å². The van der Waals surface area contributed by atoms with E-state index in [1.165, 1.54) is 12.1 Å². The van der Waals surface area contributed by atoms with Gasteiger partial charge in [0.2, 0.25) is 5.88 Å². The predicted molar refractivity (Wildman–Crippen MR) is 139 cm³/mol. The molecule has 1 aliphatic rings. The number of amides is 2. The van der Waals surface area contributed by atoms with Gasteiger partial charge in [0.05, 0.1) is 34.1 Å². The Labute approximate surface area is 219 Å². The molecule has 0 aliphatic carbocycles. The lowest BCUT2D eigenvalue weighted by Gasteiger charge is -2.43. The zero-order valence-corrected chi connectivity index (χ0v) is 21.3. The van der Waals surface area contributed by atoms with Gasteiger partial charge in [0, 0.05) is 31.9 Å². The normalized spacial score (nSPS) is 15.4. The van der Waals surface area contributed by atoms with Crippen LogP contribution < -0.4 is 20.9 Å². The summed E-state index contributed by atoms with van der Waals surface area (Å²) in [6, 6.07) is 10.9. The predicted octanol–water partition coefficient (Wildman–Crippen LogP) is 3.68. The molecule has 2 amide bonds. The number of pyridine rings is 2. The highest BCUT2D eigenvalue weighted by Crippen LogP contribution is 2.32. The van der Waals surface area contributed by atoms with Crippen LogP contribution in [0.5, 0.6) is 5.88 Å². The summed E-state index contributed by atoms with van der Waals surface area (Å²) in [6.07, 6.45) is 2.32. The van der Waals surface area contributed by atoms with Crippen LogP contribution in [0.1, 0.15) is 41.1 Å². The van der Waals surface area contributed by atoms with Gasteiger partial charge in [-0.1, -0.05) is 18.5 Å². The smallest absolute Gasteiger partial charge is 0.285 e. The zero-order chi connectivity index (χ0) is 26.5. The minimum absolute atomic E-state index is 0.0731. The number of nitrogen functional groups attached to an aromatic ring is 1. The summed E-state index contributed by atoms with van der Waals surface area (Å²) < 4.78 is 19.1. The standard InChI is InChI=1S/C26H28ClFN6O3/c1-3-17-15-33(26(36)18-8-7-16(28)14-20(18)27)12-13-34(17)22-10-9-21(31-23(22)24(35)32-29)19-6-5-11-30-25(19)37-4-2/h5-11,14,17H,3-4,12-13,15,29H2,1-2H3,(H,32,35)/t17-/m1/s1. The maximum Gasteiger partial charge on any atom is 0.285 e. The molecule has 11 heteroatoms. The Hall–Kier alpha value is -3.76. The van der Waals surface area contributed by atoms with Crippen LogP contribution in [0.25, 0.3) is 11.3 Å². The SMILES string of the molecule is CCOc1ncccc1-c1ccc(N2CCN(C(=O)c3ccc(F)cc3Cl)C[C@H]2CC)c(C(=O)NN)n1. The lowest BCUT2D eigenvalue weighted by atomic mass is 10.0. The van der Waals surface area contributed by atoms with Gasteiger partial charge in [-0.05, 0) is 55.8 Å². The van der Waals surface area contributed by atoms with Crippen LogP contribution in [0.15, 0.2) is 48.7 Å². The third-order valence-corrected chi connectivity index (χ3v) is 6.57. The van der Waals surface area contributed by atoms with Crippen LogP contribution in [0.4, 0.5) is 10.1 Å². The Bertz CT molecular complexity index is 1310. The number of anilines is 1. The first-order valence-electron chi connectivity index (χ1n) is 12.0. The van der Waals surface area contributed by atoms with E-state index < -0.39 is 11.7 Å². The van der Waals surface area contributed by atoms with E-state index >= 15 is 0 Å². The number of nitrogens with zero attached hydrogens (tertiary/aromatic N) is 4. The first-order chi connectivity index (χ1) is 17.9. The number of hydrogen-bond acceptors (Lipinski definition) is 7. The van der Waals surface area contributed by atoms with E-state index in [1.54, 1.807) is 17.2 Å². The van der Waals surface area contributed by atoms with Crippen LogP contribution in [-0.2, 0) is 0 Å². The molecule has 2 aromatic heterocycles. The van der Waals surface area contributed by atoms with Crippen LogP contribution in [0, 0.1) is 5.82 Å². The van der Waals surface area contributed by atoms with E-state index in [-0.39, 0.29) is 28.2 Å². The third-order valence-electron chi connectivity index (χ3n) is 6.26. The molecule has 0 bridgehead atoms. The first kappa shape index (κ1) is 26.3. The van der Waals surface area contributed by atoms with E-state index in [4.69, 9.17) is 22.2 Å². The molecule has 0 spiro atoms. The summed E-state index contributed by atoms with van der Waals surface area (Å²) in [5.74, 6) is 4.61. The van der Waals surface area contributed by atoms with Crippen molar-refractivity contribution in [3.8, 4) is 17.1 Å². The lowest BCUT2D eigenvalue weighted by molar-refractivity contribution is 0.0720.